The Labute approximate surface area is 232 Å². The molecule has 0 amide bonds. The molecule has 0 saturated heterocycles. The summed E-state index contributed by atoms with van der Waals surface area (Å²) in [7, 11) is 0. The molecule has 2 heterocycles. The molecule has 1 aliphatic rings. The van der Waals surface area contributed by atoms with E-state index in [0.29, 0.717) is 46.0 Å². The summed E-state index contributed by atoms with van der Waals surface area (Å²) in [5.41, 5.74) is 3.11. The molecule has 0 saturated carbocycles. The van der Waals surface area contributed by atoms with Crippen LogP contribution in [0.25, 0.3) is 17.0 Å². The Morgan fingerprint density at radius 2 is 1.69 bits per heavy atom. The number of esters is 1. The number of benzene rings is 4. The predicted molar refractivity (Wildman–Crippen MR) is 150 cm³/mol. The fourth-order valence-corrected chi connectivity index (χ4v) is 4.80. The third kappa shape index (κ3) is 4.96. The second kappa shape index (κ2) is 10.3. The van der Waals surface area contributed by atoms with Crippen molar-refractivity contribution in [2.75, 3.05) is 0 Å². The average Bonchev–Trinajstić information content (AvgIpc) is 3.43. The molecule has 192 valence electrons. The SMILES string of the molecule is Cc1oc2ccc(OCc3ccccc3)cc2c1C(=O)Oc1ccc2c(c1)OC(=Cc1ccccc1Br)C2=O. The zero-order valence-electron chi connectivity index (χ0n) is 20.8. The maximum absolute atomic E-state index is 13.3. The van der Waals surface area contributed by atoms with Gasteiger partial charge in [0.25, 0.3) is 0 Å². The first kappa shape index (κ1) is 24.7. The topological polar surface area (TPSA) is 75.0 Å². The highest BCUT2D eigenvalue weighted by Crippen LogP contribution is 2.36. The van der Waals surface area contributed by atoms with Crippen molar-refractivity contribution >= 4 is 44.7 Å². The highest BCUT2D eigenvalue weighted by Gasteiger charge is 2.29. The summed E-state index contributed by atoms with van der Waals surface area (Å²) < 4.78 is 24.1. The van der Waals surface area contributed by atoms with Crippen LogP contribution < -0.4 is 14.2 Å². The molecule has 0 fully saturated rings. The van der Waals surface area contributed by atoms with Gasteiger partial charge in [0.2, 0.25) is 5.78 Å². The number of furan rings is 1. The number of Topliss-reactive ketones (excluding diaryl/α,β-unsaturated/α-hetero) is 1. The zero-order chi connectivity index (χ0) is 26.9. The Bertz CT molecular complexity index is 1770. The van der Waals surface area contributed by atoms with E-state index in [4.69, 9.17) is 18.6 Å². The zero-order valence-corrected chi connectivity index (χ0v) is 22.4. The minimum atomic E-state index is -0.584. The Kier molecular flexibility index (Phi) is 6.50. The Balaban J connectivity index is 1.22. The molecule has 0 N–H and O–H groups in total. The van der Waals surface area contributed by atoms with Gasteiger partial charge >= 0.3 is 5.97 Å². The fraction of sp³-hybridized carbons (Fsp3) is 0.0625. The van der Waals surface area contributed by atoms with Crippen LogP contribution in [0.2, 0.25) is 0 Å². The van der Waals surface area contributed by atoms with Gasteiger partial charge in [-0.25, -0.2) is 4.79 Å². The number of ether oxygens (including phenoxy) is 3. The summed E-state index contributed by atoms with van der Waals surface area (Å²) in [5.74, 6) is 0.988. The minimum Gasteiger partial charge on any atom is -0.489 e. The van der Waals surface area contributed by atoms with E-state index in [2.05, 4.69) is 15.9 Å². The summed E-state index contributed by atoms with van der Waals surface area (Å²) in [4.78, 5) is 26.1. The van der Waals surface area contributed by atoms with Gasteiger partial charge in [0.15, 0.2) is 5.76 Å². The summed E-state index contributed by atoms with van der Waals surface area (Å²) in [5, 5.41) is 0.592. The molecule has 7 heteroatoms. The van der Waals surface area contributed by atoms with E-state index in [1.165, 1.54) is 6.07 Å². The predicted octanol–water partition coefficient (Wildman–Crippen LogP) is 7.92. The average molecular weight is 581 g/mol. The van der Waals surface area contributed by atoms with Crippen LogP contribution in [0.3, 0.4) is 0 Å². The largest absolute Gasteiger partial charge is 0.489 e. The minimum absolute atomic E-state index is 0.195. The van der Waals surface area contributed by atoms with Gasteiger partial charge in [0.05, 0.1) is 5.56 Å². The van der Waals surface area contributed by atoms with Crippen LogP contribution in [0.1, 0.15) is 37.6 Å². The van der Waals surface area contributed by atoms with Gasteiger partial charge in [0, 0.05) is 15.9 Å². The van der Waals surface area contributed by atoms with Crippen LogP contribution in [0.5, 0.6) is 17.2 Å². The van der Waals surface area contributed by atoms with Crippen molar-refractivity contribution in [2.45, 2.75) is 13.5 Å². The molecular formula is C32H21BrO6. The van der Waals surface area contributed by atoms with Crippen molar-refractivity contribution < 1.29 is 28.2 Å². The normalized spacial score (nSPS) is 13.4. The van der Waals surface area contributed by atoms with Crippen LogP contribution in [-0.2, 0) is 6.61 Å². The van der Waals surface area contributed by atoms with E-state index in [-0.39, 0.29) is 17.3 Å². The number of carbonyl (C=O) groups is 2. The van der Waals surface area contributed by atoms with E-state index in [0.717, 1.165) is 15.6 Å². The first-order valence-corrected chi connectivity index (χ1v) is 13.0. The standard InChI is InChI=1S/C32H21BrO6/c1-19-30(25-16-22(12-14-27(25)37-19)36-18-20-7-3-2-4-8-20)32(35)38-23-11-13-24-28(17-23)39-29(31(24)34)15-21-9-5-6-10-26(21)33/h2-17H,18H2,1H3. The molecule has 0 unspecified atom stereocenters. The highest BCUT2D eigenvalue weighted by molar-refractivity contribution is 9.10. The number of allylic oxidation sites excluding steroid dienone is 1. The van der Waals surface area contributed by atoms with E-state index in [1.807, 2.05) is 54.6 Å². The monoisotopic (exact) mass is 580 g/mol. The third-order valence-electron chi connectivity index (χ3n) is 6.33. The van der Waals surface area contributed by atoms with Crippen LogP contribution in [0.15, 0.2) is 106 Å². The number of fused-ring (bicyclic) bond motifs is 2. The lowest BCUT2D eigenvalue weighted by Gasteiger charge is -2.07. The van der Waals surface area contributed by atoms with Gasteiger partial charge < -0.3 is 18.6 Å². The van der Waals surface area contributed by atoms with Crippen LogP contribution >= 0.6 is 15.9 Å². The van der Waals surface area contributed by atoms with Gasteiger partial charge in [-0.2, -0.15) is 0 Å². The van der Waals surface area contributed by atoms with Crippen LogP contribution in [0.4, 0.5) is 0 Å². The summed E-state index contributed by atoms with van der Waals surface area (Å²) in [6.07, 6.45) is 1.68. The highest BCUT2D eigenvalue weighted by atomic mass is 79.9. The molecular weight excluding hydrogens is 560 g/mol. The van der Waals surface area contributed by atoms with E-state index in [9.17, 15) is 9.59 Å². The van der Waals surface area contributed by atoms with E-state index in [1.54, 1.807) is 43.3 Å². The first-order chi connectivity index (χ1) is 19.0. The summed E-state index contributed by atoms with van der Waals surface area (Å²) in [6, 6.07) is 27.4. The van der Waals surface area contributed by atoms with Crippen molar-refractivity contribution in [3.8, 4) is 17.2 Å². The van der Waals surface area contributed by atoms with Gasteiger partial charge in [-0.15, -0.1) is 0 Å². The Morgan fingerprint density at radius 1 is 0.923 bits per heavy atom. The number of aryl methyl sites for hydroxylation is 1. The molecule has 6 rings (SSSR count). The second-order valence-corrected chi connectivity index (χ2v) is 9.83. The molecule has 39 heavy (non-hydrogen) atoms. The van der Waals surface area contributed by atoms with Crippen LogP contribution in [-0.4, -0.2) is 11.8 Å². The van der Waals surface area contributed by atoms with Gasteiger partial charge in [0.1, 0.15) is 40.8 Å². The third-order valence-corrected chi connectivity index (χ3v) is 7.05. The number of carbonyl (C=O) groups excluding carboxylic acids is 2. The molecule has 1 aromatic heterocycles. The van der Waals surface area contributed by atoms with Crippen molar-refractivity contribution in [1.29, 1.82) is 0 Å². The van der Waals surface area contributed by atoms with Gasteiger partial charge in [-0.05, 0) is 60.5 Å². The Morgan fingerprint density at radius 3 is 2.51 bits per heavy atom. The quantitative estimate of drug-likeness (QED) is 0.115. The van der Waals surface area contributed by atoms with Gasteiger partial charge in [-0.1, -0.05) is 64.5 Å². The lowest BCUT2D eigenvalue weighted by Crippen LogP contribution is -2.09. The molecule has 4 aromatic carbocycles. The number of hydrogen-bond acceptors (Lipinski definition) is 6. The molecule has 0 radical (unpaired) electrons. The molecule has 0 spiro atoms. The van der Waals surface area contributed by atoms with Crippen molar-refractivity contribution in [3.63, 3.8) is 0 Å². The molecule has 6 nitrogen and oxygen atoms in total. The number of hydrogen-bond donors (Lipinski definition) is 0. The number of ketones is 1. The second-order valence-electron chi connectivity index (χ2n) is 8.97. The molecule has 1 aliphatic heterocycles. The Hall–Kier alpha value is -4.62. The van der Waals surface area contributed by atoms with E-state index < -0.39 is 5.97 Å². The number of halogens is 1. The molecule has 0 bridgehead atoms. The summed E-state index contributed by atoms with van der Waals surface area (Å²) in [6.45, 7) is 2.11. The summed E-state index contributed by atoms with van der Waals surface area (Å²) >= 11 is 3.48. The molecule has 0 atom stereocenters. The van der Waals surface area contributed by atoms with Crippen LogP contribution in [0, 0.1) is 6.92 Å². The fourth-order valence-electron chi connectivity index (χ4n) is 4.41. The lowest BCUT2D eigenvalue weighted by atomic mass is 10.1. The molecule has 5 aromatic rings. The van der Waals surface area contributed by atoms with Crippen molar-refractivity contribution in [2.24, 2.45) is 0 Å². The maximum Gasteiger partial charge on any atom is 0.347 e. The first-order valence-electron chi connectivity index (χ1n) is 12.2. The smallest absolute Gasteiger partial charge is 0.347 e. The number of rotatable bonds is 6. The van der Waals surface area contributed by atoms with Crippen molar-refractivity contribution in [3.05, 3.63) is 129 Å². The van der Waals surface area contributed by atoms with E-state index >= 15 is 0 Å². The molecule has 0 aliphatic carbocycles. The van der Waals surface area contributed by atoms with Crippen molar-refractivity contribution in [1.82, 2.24) is 0 Å². The lowest BCUT2D eigenvalue weighted by molar-refractivity contribution is 0.0734. The maximum atomic E-state index is 13.3. The van der Waals surface area contributed by atoms with Gasteiger partial charge in [-0.3, -0.25) is 4.79 Å².